The Balaban J connectivity index is 2.40. The van der Waals surface area contributed by atoms with E-state index in [0.717, 1.165) is 0 Å². The number of hydrogen-bond acceptors (Lipinski definition) is 4. The highest BCUT2D eigenvalue weighted by atomic mass is 32.2. The summed E-state index contributed by atoms with van der Waals surface area (Å²) in [6.07, 6.45) is -4.34. The molecule has 0 aliphatic rings. The lowest BCUT2D eigenvalue weighted by Gasteiger charge is -2.08. The van der Waals surface area contributed by atoms with Gasteiger partial charge in [-0.05, 0) is 17.7 Å². The number of carbonyl (C=O) groups excluding carboxylic acids is 2. The van der Waals surface area contributed by atoms with E-state index in [1.807, 2.05) is 0 Å². The first-order chi connectivity index (χ1) is 11.2. The Labute approximate surface area is 139 Å². The van der Waals surface area contributed by atoms with Gasteiger partial charge in [0, 0.05) is 5.69 Å². The summed E-state index contributed by atoms with van der Waals surface area (Å²) in [5.74, 6) is -3.58. The number of benzene rings is 1. The summed E-state index contributed by atoms with van der Waals surface area (Å²) in [5, 5.41) is 13.1. The maximum atomic E-state index is 12.0. The van der Waals surface area contributed by atoms with Crippen molar-refractivity contribution in [1.29, 1.82) is 0 Å². The van der Waals surface area contributed by atoms with Crippen molar-refractivity contribution in [2.24, 2.45) is 0 Å². The SMILES string of the molecule is O=C(O)CNC(=O)Cc1ccc(NC(=O)CSCC(F)(F)F)cc1. The van der Waals surface area contributed by atoms with Gasteiger partial charge in [0.05, 0.1) is 17.9 Å². The van der Waals surface area contributed by atoms with Crippen molar-refractivity contribution in [1.82, 2.24) is 5.32 Å². The highest BCUT2D eigenvalue weighted by Gasteiger charge is 2.27. The standard InChI is InChI=1S/C14H15F3N2O4S/c15-14(16,17)8-24-7-12(21)19-10-3-1-9(2-4-10)5-11(20)18-6-13(22)23/h1-4H,5-8H2,(H,18,20)(H,19,21)(H,22,23). The first-order valence-corrected chi connectivity index (χ1v) is 7.83. The summed E-state index contributed by atoms with van der Waals surface area (Å²) in [6, 6.07) is 6.12. The molecule has 3 N–H and O–H groups in total. The van der Waals surface area contributed by atoms with Crippen LogP contribution in [0, 0.1) is 0 Å². The van der Waals surface area contributed by atoms with E-state index in [0.29, 0.717) is 23.0 Å². The largest absolute Gasteiger partial charge is 0.480 e. The minimum atomic E-state index is -4.31. The highest BCUT2D eigenvalue weighted by Crippen LogP contribution is 2.21. The number of alkyl halides is 3. The zero-order valence-electron chi connectivity index (χ0n) is 12.4. The Bertz CT molecular complexity index is 591. The van der Waals surface area contributed by atoms with Gasteiger partial charge >= 0.3 is 12.1 Å². The lowest BCUT2D eigenvalue weighted by Crippen LogP contribution is -2.30. The van der Waals surface area contributed by atoms with Gasteiger partial charge in [-0.3, -0.25) is 14.4 Å². The van der Waals surface area contributed by atoms with Gasteiger partial charge in [0.25, 0.3) is 0 Å². The van der Waals surface area contributed by atoms with Crippen LogP contribution in [0.15, 0.2) is 24.3 Å². The smallest absolute Gasteiger partial charge is 0.397 e. The van der Waals surface area contributed by atoms with Crippen LogP contribution in [0.4, 0.5) is 18.9 Å². The van der Waals surface area contributed by atoms with Crippen molar-refractivity contribution in [2.75, 3.05) is 23.4 Å². The number of thioether (sulfide) groups is 1. The fraction of sp³-hybridized carbons (Fsp3) is 0.357. The molecule has 0 unspecified atom stereocenters. The van der Waals surface area contributed by atoms with Crippen LogP contribution in [0.25, 0.3) is 0 Å². The molecule has 132 valence electrons. The molecule has 6 nitrogen and oxygen atoms in total. The fourth-order valence-corrected chi connectivity index (χ4v) is 2.18. The number of anilines is 1. The number of nitrogens with one attached hydrogen (secondary N) is 2. The van der Waals surface area contributed by atoms with E-state index in [4.69, 9.17) is 5.11 Å². The van der Waals surface area contributed by atoms with Gasteiger partial charge in [0.1, 0.15) is 6.54 Å². The minimum absolute atomic E-state index is 0.0249. The molecule has 10 heteroatoms. The molecule has 0 aliphatic carbocycles. The van der Waals surface area contributed by atoms with Gasteiger partial charge in [-0.25, -0.2) is 0 Å². The predicted molar refractivity (Wildman–Crippen MR) is 82.8 cm³/mol. The third-order valence-corrected chi connectivity index (χ3v) is 3.54. The molecule has 0 aromatic heterocycles. The van der Waals surface area contributed by atoms with E-state index in [-0.39, 0.29) is 12.2 Å². The molecular formula is C14H15F3N2O4S. The zero-order chi connectivity index (χ0) is 18.2. The van der Waals surface area contributed by atoms with Crippen molar-refractivity contribution >= 4 is 35.2 Å². The van der Waals surface area contributed by atoms with Crippen LogP contribution in [-0.2, 0) is 20.8 Å². The van der Waals surface area contributed by atoms with Crippen LogP contribution < -0.4 is 10.6 Å². The molecule has 24 heavy (non-hydrogen) atoms. The fourth-order valence-electron chi connectivity index (χ4n) is 1.58. The third kappa shape index (κ3) is 9.03. The molecule has 1 aromatic rings. The monoisotopic (exact) mass is 364 g/mol. The third-order valence-electron chi connectivity index (χ3n) is 2.54. The van der Waals surface area contributed by atoms with Crippen molar-refractivity contribution in [3.63, 3.8) is 0 Å². The van der Waals surface area contributed by atoms with Crippen molar-refractivity contribution < 1.29 is 32.7 Å². The van der Waals surface area contributed by atoms with Crippen LogP contribution >= 0.6 is 11.8 Å². The molecule has 2 amide bonds. The Kier molecular flexibility index (Phi) is 7.56. The number of amides is 2. The molecule has 0 atom stereocenters. The Morgan fingerprint density at radius 2 is 1.71 bits per heavy atom. The number of halogens is 3. The molecule has 0 saturated carbocycles. The predicted octanol–water partition coefficient (Wildman–Crippen LogP) is 1.66. The summed E-state index contributed by atoms with van der Waals surface area (Å²) in [6.45, 7) is -0.470. The van der Waals surface area contributed by atoms with E-state index < -0.39 is 36.3 Å². The summed E-state index contributed by atoms with van der Waals surface area (Å²) < 4.78 is 35.9. The van der Waals surface area contributed by atoms with Crippen molar-refractivity contribution in [2.45, 2.75) is 12.6 Å². The maximum Gasteiger partial charge on any atom is 0.397 e. The summed E-state index contributed by atoms with van der Waals surface area (Å²) in [5.41, 5.74) is 0.990. The zero-order valence-corrected chi connectivity index (χ0v) is 13.2. The quantitative estimate of drug-likeness (QED) is 0.652. The van der Waals surface area contributed by atoms with E-state index >= 15 is 0 Å². The van der Waals surface area contributed by atoms with E-state index in [9.17, 15) is 27.6 Å². The lowest BCUT2D eigenvalue weighted by molar-refractivity contribution is -0.137. The second-order valence-corrected chi connectivity index (χ2v) is 5.69. The Hall–Kier alpha value is -2.23. The molecule has 0 spiro atoms. The van der Waals surface area contributed by atoms with Gasteiger partial charge in [-0.1, -0.05) is 12.1 Å². The Morgan fingerprint density at radius 1 is 1.08 bits per heavy atom. The molecule has 0 heterocycles. The van der Waals surface area contributed by atoms with Crippen LogP contribution in [0.5, 0.6) is 0 Å². The molecular weight excluding hydrogens is 349 g/mol. The summed E-state index contributed by atoms with van der Waals surface area (Å²) in [4.78, 5) is 33.2. The summed E-state index contributed by atoms with van der Waals surface area (Å²) in [7, 11) is 0. The van der Waals surface area contributed by atoms with Gasteiger partial charge in [0.2, 0.25) is 11.8 Å². The van der Waals surface area contributed by atoms with Crippen LogP contribution in [0.1, 0.15) is 5.56 Å². The van der Waals surface area contributed by atoms with Crippen LogP contribution in [-0.4, -0.2) is 47.1 Å². The van der Waals surface area contributed by atoms with Crippen LogP contribution in [0.2, 0.25) is 0 Å². The van der Waals surface area contributed by atoms with Gasteiger partial charge < -0.3 is 15.7 Å². The molecule has 0 radical (unpaired) electrons. The maximum absolute atomic E-state index is 12.0. The average Bonchev–Trinajstić information content (AvgIpc) is 2.46. The van der Waals surface area contributed by atoms with Crippen LogP contribution in [0.3, 0.4) is 0 Å². The number of hydrogen-bond donors (Lipinski definition) is 3. The number of carboxylic acids is 1. The molecule has 1 aromatic carbocycles. The second-order valence-electron chi connectivity index (χ2n) is 4.70. The molecule has 0 aliphatic heterocycles. The van der Waals surface area contributed by atoms with E-state index in [2.05, 4.69) is 10.6 Å². The minimum Gasteiger partial charge on any atom is -0.480 e. The van der Waals surface area contributed by atoms with Crippen molar-refractivity contribution in [3.05, 3.63) is 29.8 Å². The topological polar surface area (TPSA) is 95.5 Å². The van der Waals surface area contributed by atoms with E-state index in [1.165, 1.54) is 12.1 Å². The van der Waals surface area contributed by atoms with Gasteiger partial charge in [-0.15, -0.1) is 11.8 Å². The molecule has 0 fully saturated rings. The Morgan fingerprint density at radius 3 is 2.25 bits per heavy atom. The highest BCUT2D eigenvalue weighted by molar-refractivity contribution is 8.00. The van der Waals surface area contributed by atoms with Gasteiger partial charge in [0.15, 0.2) is 0 Å². The number of carbonyl (C=O) groups is 3. The van der Waals surface area contributed by atoms with Crippen molar-refractivity contribution in [3.8, 4) is 0 Å². The number of carboxylic acid groups (broad SMARTS) is 1. The first-order valence-electron chi connectivity index (χ1n) is 6.67. The van der Waals surface area contributed by atoms with Gasteiger partial charge in [-0.2, -0.15) is 13.2 Å². The summed E-state index contributed by atoms with van der Waals surface area (Å²) >= 11 is 0.469. The second kappa shape index (κ2) is 9.16. The number of aliphatic carboxylic acids is 1. The average molecular weight is 364 g/mol. The lowest BCUT2D eigenvalue weighted by atomic mass is 10.1. The molecule has 0 saturated heterocycles. The first kappa shape index (κ1) is 19.8. The van der Waals surface area contributed by atoms with E-state index in [1.54, 1.807) is 12.1 Å². The molecule has 0 bridgehead atoms. The molecule has 1 rings (SSSR count). The number of rotatable bonds is 8. The normalized spacial score (nSPS) is 11.0.